The van der Waals surface area contributed by atoms with Gasteiger partial charge in [-0.05, 0) is 42.8 Å². The quantitative estimate of drug-likeness (QED) is 0.883. The van der Waals surface area contributed by atoms with Crippen LogP contribution in [0.1, 0.15) is 31.8 Å². The SMILES string of the molecule is COC(=O)c1cccc(NC(=O)c2ccc(C#N)cc2F)c1C. The van der Waals surface area contributed by atoms with Gasteiger partial charge in [-0.25, -0.2) is 9.18 Å². The number of ether oxygens (including phenoxy) is 1. The summed E-state index contributed by atoms with van der Waals surface area (Å²) in [5, 5.41) is 11.3. The van der Waals surface area contributed by atoms with Gasteiger partial charge in [0.2, 0.25) is 0 Å². The number of carbonyl (C=O) groups excluding carboxylic acids is 2. The molecule has 0 atom stereocenters. The van der Waals surface area contributed by atoms with Crippen LogP contribution < -0.4 is 5.32 Å². The molecule has 6 heteroatoms. The summed E-state index contributed by atoms with van der Waals surface area (Å²) in [7, 11) is 1.26. The maximum Gasteiger partial charge on any atom is 0.338 e. The van der Waals surface area contributed by atoms with Gasteiger partial charge in [-0.2, -0.15) is 5.26 Å². The number of anilines is 1. The molecule has 0 unspecified atom stereocenters. The Morgan fingerprint density at radius 2 is 1.96 bits per heavy atom. The van der Waals surface area contributed by atoms with E-state index in [0.29, 0.717) is 16.8 Å². The van der Waals surface area contributed by atoms with Gasteiger partial charge in [-0.3, -0.25) is 4.79 Å². The second-order valence-corrected chi connectivity index (χ2v) is 4.73. The maximum atomic E-state index is 13.9. The number of hydrogen-bond acceptors (Lipinski definition) is 4. The first-order valence-corrected chi connectivity index (χ1v) is 6.67. The lowest BCUT2D eigenvalue weighted by molar-refractivity contribution is 0.0599. The summed E-state index contributed by atoms with van der Waals surface area (Å²) in [6.07, 6.45) is 0. The van der Waals surface area contributed by atoms with Gasteiger partial charge in [-0.15, -0.1) is 0 Å². The molecule has 0 aliphatic carbocycles. The van der Waals surface area contributed by atoms with Crippen LogP contribution in [0.3, 0.4) is 0 Å². The number of halogens is 1. The van der Waals surface area contributed by atoms with Crippen LogP contribution in [0.2, 0.25) is 0 Å². The van der Waals surface area contributed by atoms with Crippen molar-refractivity contribution in [1.29, 1.82) is 5.26 Å². The molecule has 116 valence electrons. The molecule has 0 heterocycles. The van der Waals surface area contributed by atoms with Crippen molar-refractivity contribution in [1.82, 2.24) is 0 Å². The van der Waals surface area contributed by atoms with Crippen LogP contribution >= 0.6 is 0 Å². The van der Waals surface area contributed by atoms with Gasteiger partial charge >= 0.3 is 5.97 Å². The van der Waals surface area contributed by atoms with E-state index in [-0.39, 0.29) is 11.1 Å². The zero-order chi connectivity index (χ0) is 17.0. The molecule has 23 heavy (non-hydrogen) atoms. The molecule has 0 aliphatic heterocycles. The number of rotatable bonds is 3. The molecular weight excluding hydrogens is 299 g/mol. The number of methoxy groups -OCH3 is 1. The van der Waals surface area contributed by atoms with E-state index in [9.17, 15) is 14.0 Å². The first kappa shape index (κ1) is 16.2. The molecule has 0 bridgehead atoms. The van der Waals surface area contributed by atoms with E-state index in [1.54, 1.807) is 31.2 Å². The zero-order valence-electron chi connectivity index (χ0n) is 12.5. The lowest BCUT2D eigenvalue weighted by atomic mass is 10.1. The zero-order valence-corrected chi connectivity index (χ0v) is 12.5. The number of carbonyl (C=O) groups is 2. The summed E-state index contributed by atoms with van der Waals surface area (Å²) in [6.45, 7) is 1.65. The van der Waals surface area contributed by atoms with Gasteiger partial charge in [-0.1, -0.05) is 6.07 Å². The number of amides is 1. The predicted molar refractivity (Wildman–Crippen MR) is 81.6 cm³/mol. The van der Waals surface area contributed by atoms with Crippen molar-refractivity contribution in [3.8, 4) is 6.07 Å². The van der Waals surface area contributed by atoms with Crippen LogP contribution in [-0.2, 0) is 4.74 Å². The summed E-state index contributed by atoms with van der Waals surface area (Å²) >= 11 is 0. The number of nitrogens with one attached hydrogen (secondary N) is 1. The second kappa shape index (κ2) is 6.71. The Kier molecular flexibility index (Phi) is 4.72. The molecule has 0 radical (unpaired) electrons. The predicted octanol–water partition coefficient (Wildman–Crippen LogP) is 3.04. The fourth-order valence-corrected chi connectivity index (χ4v) is 2.06. The number of benzene rings is 2. The van der Waals surface area contributed by atoms with Crippen molar-refractivity contribution in [2.24, 2.45) is 0 Å². The third-order valence-corrected chi connectivity index (χ3v) is 3.33. The molecule has 0 saturated heterocycles. The Morgan fingerprint density at radius 3 is 2.57 bits per heavy atom. The van der Waals surface area contributed by atoms with Gasteiger partial charge in [0.15, 0.2) is 0 Å². The summed E-state index contributed by atoms with van der Waals surface area (Å²) in [5.41, 5.74) is 1.14. The number of nitrogens with zero attached hydrogens (tertiary/aromatic N) is 1. The summed E-state index contributed by atoms with van der Waals surface area (Å²) in [5.74, 6) is -1.98. The van der Waals surface area contributed by atoms with Crippen molar-refractivity contribution in [3.63, 3.8) is 0 Å². The minimum Gasteiger partial charge on any atom is -0.465 e. The molecule has 0 spiro atoms. The molecule has 1 N–H and O–H groups in total. The van der Waals surface area contributed by atoms with E-state index >= 15 is 0 Å². The van der Waals surface area contributed by atoms with Crippen molar-refractivity contribution >= 4 is 17.6 Å². The summed E-state index contributed by atoms with van der Waals surface area (Å²) < 4.78 is 18.5. The largest absolute Gasteiger partial charge is 0.465 e. The highest BCUT2D eigenvalue weighted by Gasteiger charge is 2.16. The van der Waals surface area contributed by atoms with E-state index in [1.165, 1.54) is 19.2 Å². The first-order valence-electron chi connectivity index (χ1n) is 6.67. The minimum absolute atomic E-state index is 0.128. The van der Waals surface area contributed by atoms with Gasteiger partial charge in [0.1, 0.15) is 5.82 Å². The average Bonchev–Trinajstić information content (AvgIpc) is 2.55. The summed E-state index contributed by atoms with van der Waals surface area (Å²) in [4.78, 5) is 23.8. The van der Waals surface area contributed by atoms with Gasteiger partial charge < -0.3 is 10.1 Å². The Balaban J connectivity index is 2.31. The normalized spacial score (nSPS) is 9.83. The van der Waals surface area contributed by atoms with E-state index in [1.807, 2.05) is 0 Å². The molecule has 0 saturated carbocycles. The Morgan fingerprint density at radius 1 is 1.22 bits per heavy atom. The van der Waals surface area contributed by atoms with Crippen LogP contribution in [0, 0.1) is 24.1 Å². The van der Waals surface area contributed by atoms with Gasteiger partial charge in [0.25, 0.3) is 5.91 Å². The summed E-state index contributed by atoms with van der Waals surface area (Å²) in [6, 6.07) is 10.1. The van der Waals surface area contributed by atoms with Crippen LogP contribution in [0.4, 0.5) is 10.1 Å². The van der Waals surface area contributed by atoms with E-state index in [0.717, 1.165) is 6.07 Å². The number of esters is 1. The van der Waals surface area contributed by atoms with Crippen LogP contribution in [0.15, 0.2) is 36.4 Å². The molecular formula is C17H13FN2O3. The average molecular weight is 312 g/mol. The maximum absolute atomic E-state index is 13.9. The van der Waals surface area contributed by atoms with E-state index in [4.69, 9.17) is 5.26 Å². The van der Waals surface area contributed by atoms with Crippen LogP contribution in [0.25, 0.3) is 0 Å². The second-order valence-electron chi connectivity index (χ2n) is 4.73. The van der Waals surface area contributed by atoms with Crippen molar-refractivity contribution in [3.05, 3.63) is 64.5 Å². The van der Waals surface area contributed by atoms with Crippen LogP contribution in [0.5, 0.6) is 0 Å². The molecule has 5 nitrogen and oxygen atoms in total. The third kappa shape index (κ3) is 3.35. The minimum atomic E-state index is -0.789. The first-order chi connectivity index (χ1) is 11.0. The van der Waals surface area contributed by atoms with Crippen molar-refractivity contribution in [2.45, 2.75) is 6.92 Å². The fraction of sp³-hybridized carbons (Fsp3) is 0.118. The molecule has 0 aliphatic rings. The van der Waals surface area contributed by atoms with E-state index < -0.39 is 17.7 Å². The topological polar surface area (TPSA) is 79.2 Å². The van der Waals surface area contributed by atoms with Crippen molar-refractivity contribution in [2.75, 3.05) is 12.4 Å². The Labute approximate surface area is 132 Å². The smallest absolute Gasteiger partial charge is 0.338 e. The molecule has 0 aromatic heterocycles. The van der Waals surface area contributed by atoms with Gasteiger partial charge in [0.05, 0.1) is 29.9 Å². The lowest BCUT2D eigenvalue weighted by Crippen LogP contribution is -2.16. The van der Waals surface area contributed by atoms with Gasteiger partial charge in [0, 0.05) is 5.69 Å². The Hall–Kier alpha value is -3.20. The monoisotopic (exact) mass is 312 g/mol. The van der Waals surface area contributed by atoms with E-state index in [2.05, 4.69) is 10.1 Å². The standard InChI is InChI=1S/C17H13FN2O3/c1-10-12(17(22)23-2)4-3-5-15(10)20-16(21)13-7-6-11(9-19)8-14(13)18/h3-8H,1-2H3,(H,20,21). The molecule has 2 rings (SSSR count). The Bertz CT molecular complexity index is 825. The number of nitriles is 1. The molecule has 2 aromatic carbocycles. The highest BCUT2D eigenvalue weighted by Crippen LogP contribution is 2.21. The highest BCUT2D eigenvalue weighted by molar-refractivity contribution is 6.05. The highest BCUT2D eigenvalue weighted by atomic mass is 19.1. The lowest BCUT2D eigenvalue weighted by Gasteiger charge is -2.11. The third-order valence-electron chi connectivity index (χ3n) is 3.33. The van der Waals surface area contributed by atoms with Crippen LogP contribution in [-0.4, -0.2) is 19.0 Å². The molecule has 1 amide bonds. The number of hydrogen-bond donors (Lipinski definition) is 1. The van der Waals surface area contributed by atoms with Crippen molar-refractivity contribution < 1.29 is 18.7 Å². The fourth-order valence-electron chi connectivity index (χ4n) is 2.06. The molecule has 2 aromatic rings. The molecule has 0 fully saturated rings.